The minimum Gasteiger partial charge on any atom is -0.492 e. The number of likely N-dealkylation sites (N-methyl/N-ethyl adjacent to an activating group) is 1. The molecule has 3 aromatic rings. The minimum absolute atomic E-state index is 0.114. The van der Waals surface area contributed by atoms with Crippen molar-refractivity contribution in [3.63, 3.8) is 0 Å². The Morgan fingerprint density at radius 2 is 1.74 bits per heavy atom. The minimum atomic E-state index is -0.429. The molecule has 27 heavy (non-hydrogen) atoms. The zero-order chi connectivity index (χ0) is 19.2. The lowest BCUT2D eigenvalue weighted by Crippen LogP contribution is -2.34. The Bertz CT molecular complexity index is 984. The Morgan fingerprint density at radius 3 is 2.52 bits per heavy atom. The Kier molecular flexibility index (Phi) is 6.13. The summed E-state index contributed by atoms with van der Waals surface area (Å²) in [6.07, 6.45) is 0. The van der Waals surface area contributed by atoms with Gasteiger partial charge >= 0.3 is 5.63 Å². The first kappa shape index (κ1) is 19.0. The highest BCUT2D eigenvalue weighted by Gasteiger charge is 2.10. The van der Waals surface area contributed by atoms with E-state index in [4.69, 9.17) is 13.9 Å². The molecule has 6 nitrogen and oxygen atoms in total. The molecule has 0 saturated heterocycles. The van der Waals surface area contributed by atoms with Crippen molar-refractivity contribution >= 4 is 32.8 Å². The quantitative estimate of drug-likeness (QED) is 0.535. The lowest BCUT2D eigenvalue weighted by atomic mass is 10.2. The van der Waals surface area contributed by atoms with Gasteiger partial charge in [-0.1, -0.05) is 15.9 Å². The molecule has 7 heteroatoms. The highest BCUT2D eigenvalue weighted by atomic mass is 79.9. The van der Waals surface area contributed by atoms with Crippen molar-refractivity contribution < 1.29 is 18.7 Å². The van der Waals surface area contributed by atoms with E-state index in [1.165, 1.54) is 6.07 Å². The second kappa shape index (κ2) is 8.73. The van der Waals surface area contributed by atoms with Crippen LogP contribution in [0.4, 0.5) is 0 Å². The third-order valence-electron chi connectivity index (χ3n) is 3.89. The van der Waals surface area contributed by atoms with E-state index in [-0.39, 0.29) is 12.5 Å². The maximum absolute atomic E-state index is 12.2. The number of ether oxygens (including phenoxy) is 2. The second-order valence-corrected chi connectivity index (χ2v) is 6.78. The van der Waals surface area contributed by atoms with E-state index in [0.717, 1.165) is 15.6 Å². The predicted molar refractivity (Wildman–Crippen MR) is 105 cm³/mol. The fraction of sp³-hybridized carbons (Fsp3) is 0.200. The smallest absolute Gasteiger partial charge is 0.336 e. The number of benzene rings is 2. The van der Waals surface area contributed by atoms with Gasteiger partial charge in [-0.25, -0.2) is 4.79 Å². The molecule has 0 unspecified atom stereocenters. The molecule has 0 bridgehead atoms. The number of hydrogen-bond donors (Lipinski definition) is 0. The molecule has 0 saturated carbocycles. The van der Waals surface area contributed by atoms with Crippen LogP contribution in [0.25, 0.3) is 11.0 Å². The normalized spacial score (nSPS) is 10.6. The molecule has 0 aliphatic rings. The number of amides is 1. The summed E-state index contributed by atoms with van der Waals surface area (Å²) in [5.74, 6) is 1.03. The van der Waals surface area contributed by atoms with Gasteiger partial charge in [-0.2, -0.15) is 0 Å². The molecular formula is C20H18BrNO5. The third kappa shape index (κ3) is 5.34. The lowest BCUT2D eigenvalue weighted by Gasteiger charge is -2.18. The molecule has 0 aliphatic heterocycles. The number of halogens is 1. The average Bonchev–Trinajstić information content (AvgIpc) is 2.67. The van der Waals surface area contributed by atoms with E-state index >= 15 is 0 Å². The molecule has 1 heterocycles. The van der Waals surface area contributed by atoms with Crippen molar-refractivity contribution in [1.29, 1.82) is 0 Å². The zero-order valence-electron chi connectivity index (χ0n) is 14.7. The fourth-order valence-electron chi connectivity index (χ4n) is 2.34. The summed E-state index contributed by atoms with van der Waals surface area (Å²) < 4.78 is 17.2. The van der Waals surface area contributed by atoms with E-state index in [1.54, 1.807) is 36.2 Å². The molecule has 140 valence electrons. The van der Waals surface area contributed by atoms with Crippen LogP contribution in [0.3, 0.4) is 0 Å². The van der Waals surface area contributed by atoms with Crippen LogP contribution < -0.4 is 15.1 Å². The van der Waals surface area contributed by atoms with Gasteiger partial charge in [0.2, 0.25) is 0 Å². The Labute approximate surface area is 164 Å². The molecule has 0 atom stereocenters. The molecule has 1 aromatic heterocycles. The highest BCUT2D eigenvalue weighted by Crippen LogP contribution is 2.19. The van der Waals surface area contributed by atoms with Crippen molar-refractivity contribution in [2.45, 2.75) is 0 Å². The van der Waals surface area contributed by atoms with Gasteiger partial charge in [-0.05, 0) is 42.5 Å². The molecule has 0 spiro atoms. The molecule has 0 aliphatic carbocycles. The van der Waals surface area contributed by atoms with Crippen LogP contribution >= 0.6 is 15.9 Å². The SMILES string of the molecule is CN(CCOc1ccc(Br)cc1)C(=O)COc1ccc2ccc(=O)oc2c1. The highest BCUT2D eigenvalue weighted by molar-refractivity contribution is 9.10. The topological polar surface area (TPSA) is 69.0 Å². The Balaban J connectivity index is 1.48. The molecule has 0 fully saturated rings. The van der Waals surface area contributed by atoms with Gasteiger partial charge in [-0.15, -0.1) is 0 Å². The van der Waals surface area contributed by atoms with Gasteiger partial charge < -0.3 is 18.8 Å². The summed E-state index contributed by atoms with van der Waals surface area (Å²) in [5, 5.41) is 0.787. The summed E-state index contributed by atoms with van der Waals surface area (Å²) in [6, 6.07) is 15.6. The van der Waals surface area contributed by atoms with Crippen LogP contribution in [0.15, 0.2) is 68.3 Å². The molecule has 1 amide bonds. The van der Waals surface area contributed by atoms with Crippen molar-refractivity contribution in [1.82, 2.24) is 4.90 Å². The number of nitrogens with zero attached hydrogens (tertiary/aromatic N) is 1. The standard InChI is InChI=1S/C20H18BrNO5/c1-22(10-11-25-16-7-4-15(21)5-8-16)19(23)13-26-17-6-2-14-3-9-20(24)27-18(14)12-17/h2-9,12H,10-11,13H2,1H3. The van der Waals surface area contributed by atoms with Gasteiger partial charge in [0.1, 0.15) is 23.7 Å². The van der Waals surface area contributed by atoms with Crippen molar-refractivity contribution in [2.75, 3.05) is 26.8 Å². The van der Waals surface area contributed by atoms with Gasteiger partial charge in [0.05, 0.1) is 6.54 Å². The first-order valence-corrected chi connectivity index (χ1v) is 9.09. The molecule has 2 aromatic carbocycles. The predicted octanol–water partition coefficient (Wildman–Crippen LogP) is 3.47. The first-order valence-electron chi connectivity index (χ1n) is 8.30. The van der Waals surface area contributed by atoms with Gasteiger partial charge in [-0.3, -0.25) is 4.79 Å². The molecular weight excluding hydrogens is 414 g/mol. The van der Waals surface area contributed by atoms with Crippen LogP contribution in [0.2, 0.25) is 0 Å². The lowest BCUT2D eigenvalue weighted by molar-refractivity contribution is -0.132. The largest absolute Gasteiger partial charge is 0.492 e. The summed E-state index contributed by atoms with van der Waals surface area (Å²) in [7, 11) is 1.69. The summed E-state index contributed by atoms with van der Waals surface area (Å²) >= 11 is 3.37. The maximum atomic E-state index is 12.2. The summed E-state index contributed by atoms with van der Waals surface area (Å²) in [6.45, 7) is 0.702. The first-order chi connectivity index (χ1) is 13.0. The van der Waals surface area contributed by atoms with Crippen LogP contribution in [0.5, 0.6) is 11.5 Å². The van der Waals surface area contributed by atoms with E-state index in [1.807, 2.05) is 24.3 Å². The fourth-order valence-corrected chi connectivity index (χ4v) is 2.61. The van der Waals surface area contributed by atoms with E-state index in [2.05, 4.69) is 15.9 Å². The molecule has 3 rings (SSSR count). The van der Waals surface area contributed by atoms with Crippen molar-refractivity contribution in [2.24, 2.45) is 0 Å². The monoisotopic (exact) mass is 431 g/mol. The Hall–Kier alpha value is -2.80. The zero-order valence-corrected chi connectivity index (χ0v) is 16.3. The van der Waals surface area contributed by atoms with Gasteiger partial charge in [0, 0.05) is 29.0 Å². The Morgan fingerprint density at radius 1 is 1.04 bits per heavy atom. The van der Waals surface area contributed by atoms with Gasteiger partial charge in [0.15, 0.2) is 6.61 Å². The van der Waals surface area contributed by atoms with Crippen LogP contribution in [0, 0.1) is 0 Å². The van der Waals surface area contributed by atoms with Crippen LogP contribution in [0.1, 0.15) is 0 Å². The number of hydrogen-bond acceptors (Lipinski definition) is 5. The van der Waals surface area contributed by atoms with Crippen molar-refractivity contribution in [3.8, 4) is 11.5 Å². The molecule has 0 radical (unpaired) electrons. The van der Waals surface area contributed by atoms with Crippen molar-refractivity contribution in [3.05, 3.63) is 69.5 Å². The summed E-state index contributed by atoms with van der Waals surface area (Å²) in [4.78, 5) is 25.0. The summed E-state index contributed by atoms with van der Waals surface area (Å²) in [5.41, 5.74) is -0.00932. The van der Waals surface area contributed by atoms with Crippen LogP contribution in [-0.2, 0) is 4.79 Å². The van der Waals surface area contributed by atoms with E-state index in [9.17, 15) is 9.59 Å². The maximum Gasteiger partial charge on any atom is 0.336 e. The number of rotatable bonds is 7. The average molecular weight is 432 g/mol. The van der Waals surface area contributed by atoms with E-state index in [0.29, 0.717) is 24.5 Å². The number of fused-ring (bicyclic) bond motifs is 1. The third-order valence-corrected chi connectivity index (χ3v) is 4.42. The number of carbonyl (C=O) groups is 1. The van der Waals surface area contributed by atoms with Crippen LogP contribution in [-0.4, -0.2) is 37.6 Å². The second-order valence-electron chi connectivity index (χ2n) is 5.86. The van der Waals surface area contributed by atoms with Gasteiger partial charge in [0.25, 0.3) is 5.91 Å². The van der Waals surface area contributed by atoms with E-state index < -0.39 is 5.63 Å². The molecule has 0 N–H and O–H groups in total. The number of carbonyl (C=O) groups excluding carboxylic acids is 1.